The first-order valence-corrected chi connectivity index (χ1v) is 7.68. The van der Waals surface area contributed by atoms with E-state index in [2.05, 4.69) is 6.92 Å². The van der Waals surface area contributed by atoms with Crippen LogP contribution in [0.15, 0.2) is 16.5 Å². The molecule has 1 aromatic heterocycles. The number of furan rings is 1. The average molecular weight is 265 g/mol. The molecule has 1 aromatic rings. The molecule has 0 radical (unpaired) electrons. The van der Waals surface area contributed by atoms with Crippen molar-refractivity contribution in [3.05, 3.63) is 23.7 Å². The van der Waals surface area contributed by atoms with Crippen LogP contribution in [0.25, 0.3) is 0 Å². The van der Waals surface area contributed by atoms with Crippen LogP contribution in [0.5, 0.6) is 0 Å². The second kappa shape index (κ2) is 6.58. The van der Waals surface area contributed by atoms with Gasteiger partial charge < -0.3 is 15.3 Å². The van der Waals surface area contributed by atoms with Gasteiger partial charge in [-0.1, -0.05) is 39.0 Å². The Bertz CT molecular complexity index is 378. The fourth-order valence-corrected chi connectivity index (χ4v) is 3.23. The first kappa shape index (κ1) is 14.6. The summed E-state index contributed by atoms with van der Waals surface area (Å²) in [5.41, 5.74) is 5.84. The predicted octanol–water partition coefficient (Wildman–Crippen LogP) is 3.56. The molecule has 3 heteroatoms. The van der Waals surface area contributed by atoms with Crippen molar-refractivity contribution in [2.75, 3.05) is 6.54 Å². The molecule has 1 unspecified atom stereocenters. The molecule has 1 aliphatic carbocycles. The zero-order valence-electron chi connectivity index (χ0n) is 12.0. The van der Waals surface area contributed by atoms with Crippen LogP contribution in [0, 0.1) is 5.41 Å². The van der Waals surface area contributed by atoms with Crippen molar-refractivity contribution in [3.63, 3.8) is 0 Å². The monoisotopic (exact) mass is 265 g/mol. The highest BCUT2D eigenvalue weighted by molar-refractivity contribution is 5.12. The van der Waals surface area contributed by atoms with E-state index in [1.807, 2.05) is 12.1 Å². The second-order valence-electron chi connectivity index (χ2n) is 5.89. The van der Waals surface area contributed by atoms with Gasteiger partial charge in [0.25, 0.3) is 0 Å². The highest BCUT2D eigenvalue weighted by atomic mass is 16.4. The summed E-state index contributed by atoms with van der Waals surface area (Å²) in [5.74, 6) is 1.63. The SMILES string of the molecule is CCc1ccc(C(O)C2(CN)CCCCCCC2)o1. The van der Waals surface area contributed by atoms with Crippen molar-refractivity contribution in [3.8, 4) is 0 Å². The van der Waals surface area contributed by atoms with Crippen LogP contribution in [0.1, 0.15) is 69.5 Å². The largest absolute Gasteiger partial charge is 0.463 e. The van der Waals surface area contributed by atoms with Gasteiger partial charge in [0, 0.05) is 18.4 Å². The van der Waals surface area contributed by atoms with Crippen LogP contribution in [0.4, 0.5) is 0 Å². The maximum absolute atomic E-state index is 10.7. The van der Waals surface area contributed by atoms with Crippen molar-refractivity contribution >= 4 is 0 Å². The Balaban J connectivity index is 2.17. The summed E-state index contributed by atoms with van der Waals surface area (Å²) >= 11 is 0. The van der Waals surface area contributed by atoms with E-state index in [1.54, 1.807) is 0 Å². The fraction of sp³-hybridized carbons (Fsp3) is 0.750. The van der Waals surface area contributed by atoms with Gasteiger partial charge in [-0.25, -0.2) is 0 Å². The van der Waals surface area contributed by atoms with Gasteiger partial charge in [0.05, 0.1) is 0 Å². The van der Waals surface area contributed by atoms with E-state index in [-0.39, 0.29) is 5.41 Å². The minimum absolute atomic E-state index is 0.191. The van der Waals surface area contributed by atoms with Gasteiger partial charge in [-0.15, -0.1) is 0 Å². The van der Waals surface area contributed by atoms with Crippen LogP contribution in [0.3, 0.4) is 0 Å². The number of hydrogen-bond donors (Lipinski definition) is 2. The van der Waals surface area contributed by atoms with E-state index >= 15 is 0 Å². The third-order valence-corrected chi connectivity index (χ3v) is 4.64. The lowest BCUT2D eigenvalue weighted by atomic mass is 9.71. The molecule has 108 valence electrons. The third kappa shape index (κ3) is 3.21. The van der Waals surface area contributed by atoms with Gasteiger partial charge in [-0.2, -0.15) is 0 Å². The molecule has 0 spiro atoms. The maximum atomic E-state index is 10.7. The summed E-state index contributed by atoms with van der Waals surface area (Å²) in [6.45, 7) is 2.60. The molecule has 1 heterocycles. The quantitative estimate of drug-likeness (QED) is 0.875. The Labute approximate surface area is 116 Å². The Morgan fingerprint density at radius 2 is 1.84 bits per heavy atom. The van der Waals surface area contributed by atoms with Crippen LogP contribution < -0.4 is 5.73 Å². The van der Waals surface area contributed by atoms with Gasteiger partial charge >= 0.3 is 0 Å². The van der Waals surface area contributed by atoms with Crippen LogP contribution in [0.2, 0.25) is 0 Å². The van der Waals surface area contributed by atoms with Crippen molar-refractivity contribution in [2.24, 2.45) is 11.1 Å². The number of aliphatic hydroxyl groups excluding tert-OH is 1. The molecule has 3 N–H and O–H groups in total. The molecule has 1 aliphatic rings. The number of nitrogens with two attached hydrogens (primary N) is 1. The third-order valence-electron chi connectivity index (χ3n) is 4.64. The summed E-state index contributed by atoms with van der Waals surface area (Å²) in [5, 5.41) is 10.7. The predicted molar refractivity (Wildman–Crippen MR) is 76.9 cm³/mol. The number of aliphatic hydroxyl groups is 1. The number of hydrogen-bond acceptors (Lipinski definition) is 3. The summed E-state index contributed by atoms with van der Waals surface area (Å²) in [6.07, 6.45) is 8.47. The topological polar surface area (TPSA) is 59.4 Å². The zero-order valence-corrected chi connectivity index (χ0v) is 12.0. The second-order valence-corrected chi connectivity index (χ2v) is 5.89. The van der Waals surface area contributed by atoms with E-state index in [9.17, 15) is 5.11 Å². The molecule has 0 aromatic carbocycles. The molecule has 3 nitrogen and oxygen atoms in total. The highest BCUT2D eigenvalue weighted by Gasteiger charge is 2.38. The Morgan fingerprint density at radius 1 is 1.21 bits per heavy atom. The molecule has 1 atom stereocenters. The molecule has 0 bridgehead atoms. The standard InChI is InChI=1S/C16H27NO2/c1-2-13-8-9-14(19-13)15(18)16(12-17)10-6-4-3-5-7-11-16/h8-9,15,18H,2-7,10-12,17H2,1H3. The molecular weight excluding hydrogens is 238 g/mol. The number of aryl methyl sites for hydroxylation is 1. The van der Waals surface area contributed by atoms with Crippen molar-refractivity contribution in [1.29, 1.82) is 0 Å². The molecule has 1 saturated carbocycles. The van der Waals surface area contributed by atoms with E-state index in [0.717, 1.165) is 37.9 Å². The Hall–Kier alpha value is -0.800. The molecule has 0 aliphatic heterocycles. The molecule has 1 fully saturated rings. The minimum Gasteiger partial charge on any atom is -0.463 e. The van der Waals surface area contributed by atoms with Crippen molar-refractivity contribution in [1.82, 2.24) is 0 Å². The smallest absolute Gasteiger partial charge is 0.133 e. The molecule has 2 rings (SSSR count). The van der Waals surface area contributed by atoms with E-state index < -0.39 is 6.10 Å². The summed E-state index contributed by atoms with van der Waals surface area (Å²) in [7, 11) is 0. The van der Waals surface area contributed by atoms with Crippen molar-refractivity contribution in [2.45, 2.75) is 64.4 Å². The van der Waals surface area contributed by atoms with Crippen molar-refractivity contribution < 1.29 is 9.52 Å². The molecule has 19 heavy (non-hydrogen) atoms. The van der Waals surface area contributed by atoms with E-state index in [0.29, 0.717) is 12.3 Å². The average Bonchev–Trinajstić information content (AvgIpc) is 2.87. The summed E-state index contributed by atoms with van der Waals surface area (Å²) in [4.78, 5) is 0. The minimum atomic E-state index is -0.559. The summed E-state index contributed by atoms with van der Waals surface area (Å²) < 4.78 is 5.74. The van der Waals surface area contributed by atoms with Gasteiger partial charge in [0.15, 0.2) is 0 Å². The number of rotatable bonds is 4. The lowest BCUT2D eigenvalue weighted by molar-refractivity contribution is -0.00656. The first-order valence-electron chi connectivity index (χ1n) is 7.68. The fourth-order valence-electron chi connectivity index (χ4n) is 3.23. The lowest BCUT2D eigenvalue weighted by Gasteiger charge is -2.37. The van der Waals surface area contributed by atoms with Crippen LogP contribution >= 0.6 is 0 Å². The highest BCUT2D eigenvalue weighted by Crippen LogP contribution is 2.44. The Morgan fingerprint density at radius 3 is 2.37 bits per heavy atom. The molecule has 0 saturated heterocycles. The van der Waals surface area contributed by atoms with Gasteiger partial charge in [0.2, 0.25) is 0 Å². The van der Waals surface area contributed by atoms with E-state index in [4.69, 9.17) is 10.2 Å². The normalized spacial score (nSPS) is 21.6. The van der Waals surface area contributed by atoms with Gasteiger partial charge in [0.1, 0.15) is 17.6 Å². The van der Waals surface area contributed by atoms with Gasteiger partial charge in [-0.05, 0) is 25.0 Å². The molecule has 0 amide bonds. The van der Waals surface area contributed by atoms with E-state index in [1.165, 1.54) is 19.3 Å². The zero-order chi connectivity index (χ0) is 13.7. The van der Waals surface area contributed by atoms with Gasteiger partial charge in [-0.3, -0.25) is 0 Å². The first-order chi connectivity index (χ1) is 9.22. The van der Waals surface area contributed by atoms with Crippen LogP contribution in [-0.2, 0) is 6.42 Å². The van der Waals surface area contributed by atoms with Crippen LogP contribution in [-0.4, -0.2) is 11.7 Å². The lowest BCUT2D eigenvalue weighted by Crippen LogP contribution is -2.37. The summed E-state index contributed by atoms with van der Waals surface area (Å²) in [6, 6.07) is 3.88. The maximum Gasteiger partial charge on any atom is 0.133 e. The Kier molecular flexibility index (Phi) is 5.06. The molecular formula is C16H27NO2.